The highest BCUT2D eigenvalue weighted by atomic mass is 79.9. The van der Waals surface area contributed by atoms with E-state index in [4.69, 9.17) is 0 Å². The van der Waals surface area contributed by atoms with Gasteiger partial charge < -0.3 is 10.2 Å². The van der Waals surface area contributed by atoms with Crippen LogP contribution in [0.5, 0.6) is 5.75 Å². The molecular formula is C14H19BrO2. The minimum atomic E-state index is -1.01. The number of aromatic hydroxyl groups is 1. The molecule has 0 saturated heterocycles. The lowest BCUT2D eigenvalue weighted by atomic mass is 9.82. The Morgan fingerprint density at radius 3 is 2.18 bits per heavy atom. The first-order valence-electron chi connectivity index (χ1n) is 6.09. The summed E-state index contributed by atoms with van der Waals surface area (Å²) < 4.78 is 0.773. The summed E-state index contributed by atoms with van der Waals surface area (Å²) in [5, 5.41) is 20.5. The van der Waals surface area contributed by atoms with Crippen molar-refractivity contribution in [3.05, 3.63) is 26.7 Å². The van der Waals surface area contributed by atoms with Crippen molar-refractivity contribution in [2.45, 2.75) is 52.1 Å². The third-order valence-electron chi connectivity index (χ3n) is 3.62. The fraction of sp³-hybridized carbons (Fsp3) is 0.571. The van der Waals surface area contributed by atoms with E-state index in [-0.39, 0.29) is 5.75 Å². The maximum Gasteiger partial charge on any atom is 0.136 e. The first-order valence-corrected chi connectivity index (χ1v) is 6.89. The number of hydrogen-bond acceptors (Lipinski definition) is 2. The van der Waals surface area contributed by atoms with Crippen LogP contribution in [0.4, 0.5) is 0 Å². The number of hydrogen-bond donors (Lipinski definition) is 2. The van der Waals surface area contributed by atoms with Gasteiger partial charge in [-0.3, -0.25) is 0 Å². The van der Waals surface area contributed by atoms with Gasteiger partial charge in [-0.2, -0.15) is 0 Å². The highest BCUT2D eigenvalue weighted by Gasteiger charge is 2.29. The first-order chi connectivity index (χ1) is 7.84. The molecule has 0 aromatic heterocycles. The van der Waals surface area contributed by atoms with E-state index in [1.54, 1.807) is 13.8 Å². The van der Waals surface area contributed by atoms with Crippen LogP contribution in [0.15, 0.2) is 4.47 Å². The smallest absolute Gasteiger partial charge is 0.136 e. The van der Waals surface area contributed by atoms with E-state index >= 15 is 0 Å². The average molecular weight is 299 g/mol. The summed E-state index contributed by atoms with van der Waals surface area (Å²) in [6, 6.07) is 0. The van der Waals surface area contributed by atoms with Gasteiger partial charge in [0, 0.05) is 5.56 Å². The van der Waals surface area contributed by atoms with Crippen LogP contribution in [0.25, 0.3) is 0 Å². The molecule has 0 aliphatic heterocycles. The lowest BCUT2D eigenvalue weighted by Gasteiger charge is -2.28. The van der Waals surface area contributed by atoms with Gasteiger partial charge in [0.15, 0.2) is 0 Å². The molecule has 94 valence electrons. The second-order valence-corrected chi connectivity index (χ2v) is 6.18. The third-order valence-corrected chi connectivity index (χ3v) is 4.47. The van der Waals surface area contributed by atoms with Crippen molar-refractivity contribution in [1.82, 2.24) is 0 Å². The Bertz CT molecular complexity index is 459. The second kappa shape index (κ2) is 4.29. The molecule has 0 bridgehead atoms. The standard InChI is InChI=1S/C14H19BrO2/c1-8-9-6-4-5-7-10(9)12(15)13(16)11(8)14(2,3)17/h16-17H,4-7H2,1-3H3. The number of benzene rings is 1. The molecule has 1 aromatic carbocycles. The van der Waals surface area contributed by atoms with E-state index < -0.39 is 5.60 Å². The van der Waals surface area contributed by atoms with Crippen molar-refractivity contribution >= 4 is 15.9 Å². The normalized spacial score (nSPS) is 15.8. The van der Waals surface area contributed by atoms with Gasteiger partial charge in [0.2, 0.25) is 0 Å². The monoisotopic (exact) mass is 298 g/mol. The summed E-state index contributed by atoms with van der Waals surface area (Å²) in [5.74, 6) is 0.204. The molecule has 1 aromatic rings. The fourth-order valence-corrected chi connectivity index (χ4v) is 3.53. The Morgan fingerprint density at radius 1 is 1.12 bits per heavy atom. The van der Waals surface area contributed by atoms with Crippen LogP contribution >= 0.6 is 15.9 Å². The summed E-state index contributed by atoms with van der Waals surface area (Å²) in [6.07, 6.45) is 4.42. The molecule has 0 amide bonds. The summed E-state index contributed by atoms with van der Waals surface area (Å²) in [4.78, 5) is 0. The van der Waals surface area contributed by atoms with Crippen LogP contribution in [0, 0.1) is 6.92 Å². The number of rotatable bonds is 1. The lowest BCUT2D eigenvalue weighted by molar-refractivity contribution is 0.0748. The Kier molecular flexibility index (Phi) is 3.25. The molecule has 0 unspecified atom stereocenters. The van der Waals surface area contributed by atoms with Crippen LogP contribution < -0.4 is 0 Å². The highest BCUT2D eigenvalue weighted by molar-refractivity contribution is 9.10. The van der Waals surface area contributed by atoms with Crippen LogP contribution in [0.2, 0.25) is 0 Å². The average Bonchev–Trinajstić information content (AvgIpc) is 2.24. The Hall–Kier alpha value is -0.540. The van der Waals surface area contributed by atoms with Gasteiger partial charge in [0.1, 0.15) is 5.75 Å². The van der Waals surface area contributed by atoms with Crippen molar-refractivity contribution in [3.63, 3.8) is 0 Å². The van der Waals surface area contributed by atoms with E-state index in [0.717, 1.165) is 22.9 Å². The molecular weight excluding hydrogens is 280 g/mol. The second-order valence-electron chi connectivity index (χ2n) is 5.39. The molecule has 0 spiro atoms. The van der Waals surface area contributed by atoms with Crippen molar-refractivity contribution in [3.8, 4) is 5.75 Å². The van der Waals surface area contributed by atoms with Crippen molar-refractivity contribution in [1.29, 1.82) is 0 Å². The molecule has 17 heavy (non-hydrogen) atoms. The lowest BCUT2D eigenvalue weighted by Crippen LogP contribution is -2.20. The first kappa shape index (κ1) is 12.9. The van der Waals surface area contributed by atoms with Gasteiger partial charge in [0.05, 0.1) is 10.1 Å². The predicted molar refractivity (Wildman–Crippen MR) is 72.4 cm³/mol. The topological polar surface area (TPSA) is 40.5 Å². The molecule has 2 rings (SSSR count). The minimum absolute atomic E-state index is 0.204. The van der Waals surface area contributed by atoms with E-state index in [2.05, 4.69) is 15.9 Å². The summed E-state index contributed by atoms with van der Waals surface area (Å²) in [5.41, 5.74) is 3.22. The molecule has 1 aliphatic rings. The number of phenolic OH excluding ortho intramolecular Hbond substituents is 1. The molecule has 2 N–H and O–H groups in total. The van der Waals surface area contributed by atoms with E-state index in [1.165, 1.54) is 24.0 Å². The summed E-state index contributed by atoms with van der Waals surface area (Å²) >= 11 is 3.48. The summed E-state index contributed by atoms with van der Waals surface area (Å²) in [6.45, 7) is 5.44. The molecule has 0 fully saturated rings. The zero-order chi connectivity index (χ0) is 12.8. The predicted octanol–water partition coefficient (Wildman–Crippen LogP) is 3.57. The zero-order valence-corrected chi connectivity index (χ0v) is 12.2. The van der Waals surface area contributed by atoms with E-state index in [9.17, 15) is 10.2 Å². The van der Waals surface area contributed by atoms with Gasteiger partial charge in [0.25, 0.3) is 0 Å². The molecule has 0 saturated carbocycles. The van der Waals surface area contributed by atoms with Gasteiger partial charge in [-0.1, -0.05) is 0 Å². The molecule has 0 radical (unpaired) electrons. The minimum Gasteiger partial charge on any atom is -0.506 e. The Morgan fingerprint density at radius 2 is 1.65 bits per heavy atom. The van der Waals surface area contributed by atoms with E-state index in [1.807, 2.05) is 6.92 Å². The SMILES string of the molecule is Cc1c2c(c(Br)c(O)c1C(C)(C)O)CCCC2. The van der Waals surface area contributed by atoms with Crippen LogP contribution in [-0.4, -0.2) is 10.2 Å². The van der Waals surface area contributed by atoms with Crippen molar-refractivity contribution < 1.29 is 10.2 Å². The maximum absolute atomic E-state index is 10.3. The fourth-order valence-electron chi connectivity index (χ4n) is 2.89. The van der Waals surface area contributed by atoms with Crippen molar-refractivity contribution in [2.24, 2.45) is 0 Å². The largest absolute Gasteiger partial charge is 0.506 e. The summed E-state index contributed by atoms with van der Waals surface area (Å²) in [7, 11) is 0. The molecule has 3 heteroatoms. The number of aliphatic hydroxyl groups is 1. The maximum atomic E-state index is 10.3. The van der Waals surface area contributed by atoms with E-state index in [0.29, 0.717) is 5.56 Å². The molecule has 0 atom stereocenters. The van der Waals surface area contributed by atoms with Crippen LogP contribution in [-0.2, 0) is 18.4 Å². The Labute approximate surface area is 111 Å². The Balaban J connectivity index is 2.75. The molecule has 1 aliphatic carbocycles. The number of halogens is 1. The third kappa shape index (κ3) is 2.11. The highest BCUT2D eigenvalue weighted by Crippen LogP contribution is 2.44. The van der Waals surface area contributed by atoms with Gasteiger partial charge >= 0.3 is 0 Å². The van der Waals surface area contributed by atoms with Crippen LogP contribution in [0.1, 0.15) is 48.9 Å². The van der Waals surface area contributed by atoms with Gasteiger partial charge in [-0.05, 0) is 79.1 Å². The van der Waals surface area contributed by atoms with Crippen LogP contribution in [0.3, 0.4) is 0 Å². The quantitative estimate of drug-likeness (QED) is 0.832. The number of fused-ring (bicyclic) bond motifs is 1. The molecule has 2 nitrogen and oxygen atoms in total. The number of phenols is 1. The van der Waals surface area contributed by atoms with Gasteiger partial charge in [-0.15, -0.1) is 0 Å². The van der Waals surface area contributed by atoms with Gasteiger partial charge in [-0.25, -0.2) is 0 Å². The van der Waals surface area contributed by atoms with Crippen molar-refractivity contribution in [2.75, 3.05) is 0 Å². The molecule has 0 heterocycles. The zero-order valence-electron chi connectivity index (χ0n) is 10.6.